The first kappa shape index (κ1) is 20.4. The van der Waals surface area contributed by atoms with Gasteiger partial charge in [0.1, 0.15) is 5.75 Å². The highest BCUT2D eigenvalue weighted by atomic mass is 35.5. The normalized spacial score (nSPS) is 11.0. The molecule has 140 valence electrons. The van der Waals surface area contributed by atoms with Gasteiger partial charge in [-0.1, -0.05) is 35.3 Å². The van der Waals surface area contributed by atoms with E-state index in [1.807, 2.05) is 0 Å². The molecule has 0 spiro atoms. The van der Waals surface area contributed by atoms with Crippen molar-refractivity contribution in [2.45, 2.75) is 12.7 Å². The van der Waals surface area contributed by atoms with E-state index in [0.717, 1.165) is 0 Å². The zero-order valence-electron chi connectivity index (χ0n) is 14.0. The van der Waals surface area contributed by atoms with Gasteiger partial charge in [0.25, 0.3) is 5.91 Å². The predicted molar refractivity (Wildman–Crippen MR) is 103 cm³/mol. The zero-order chi connectivity index (χ0) is 19.2. The minimum Gasteiger partial charge on any atom is -0.484 e. The van der Waals surface area contributed by atoms with Crippen molar-refractivity contribution in [1.29, 1.82) is 0 Å². The largest absolute Gasteiger partial charge is 0.484 e. The Morgan fingerprint density at radius 1 is 1.12 bits per heavy atom. The van der Waals surface area contributed by atoms with Gasteiger partial charge in [-0.15, -0.1) is 0 Å². The van der Waals surface area contributed by atoms with Gasteiger partial charge in [-0.25, -0.2) is 8.42 Å². The Bertz CT molecular complexity index is 888. The highest BCUT2D eigenvalue weighted by molar-refractivity contribution is 7.91. The van der Waals surface area contributed by atoms with Crippen LogP contribution >= 0.6 is 23.2 Å². The van der Waals surface area contributed by atoms with Crippen LogP contribution < -0.4 is 14.8 Å². The number of amides is 1. The van der Waals surface area contributed by atoms with E-state index >= 15 is 0 Å². The maximum absolute atomic E-state index is 12.3. The Kier molecular flexibility index (Phi) is 7.14. The second kappa shape index (κ2) is 9.12. The molecule has 2 N–H and O–H groups in total. The van der Waals surface area contributed by atoms with Gasteiger partial charge in [0.2, 0.25) is 10.0 Å². The van der Waals surface area contributed by atoms with Crippen LogP contribution in [-0.2, 0) is 20.6 Å². The topological polar surface area (TPSA) is 84.5 Å². The lowest BCUT2D eigenvalue weighted by Crippen LogP contribution is -2.28. The lowest BCUT2D eigenvalue weighted by molar-refractivity contribution is -0.122. The van der Waals surface area contributed by atoms with Crippen LogP contribution in [0, 0.1) is 0 Å². The Morgan fingerprint density at radius 2 is 1.88 bits per heavy atom. The van der Waals surface area contributed by atoms with Gasteiger partial charge >= 0.3 is 0 Å². The summed E-state index contributed by atoms with van der Waals surface area (Å²) in [7, 11) is -3.66. The quantitative estimate of drug-likeness (QED) is 0.689. The van der Waals surface area contributed by atoms with Gasteiger partial charge in [-0.2, -0.15) is 0 Å². The molecule has 2 aromatic carbocycles. The monoisotopic (exact) mass is 416 g/mol. The van der Waals surface area contributed by atoms with Crippen LogP contribution in [0.15, 0.2) is 42.5 Å². The lowest BCUT2D eigenvalue weighted by Gasteiger charge is -2.11. The first-order chi connectivity index (χ1) is 12.3. The summed E-state index contributed by atoms with van der Waals surface area (Å²) in [5, 5.41) is 3.26. The molecule has 0 fully saturated rings. The number of carbonyl (C=O) groups is 1. The van der Waals surface area contributed by atoms with E-state index in [1.165, 1.54) is 12.1 Å². The van der Waals surface area contributed by atoms with Crippen molar-refractivity contribution in [2.75, 3.05) is 17.9 Å². The molecule has 0 heterocycles. The van der Waals surface area contributed by atoms with Crippen molar-refractivity contribution < 1.29 is 17.9 Å². The summed E-state index contributed by atoms with van der Waals surface area (Å²) in [6, 6.07) is 11.0. The fourth-order valence-electron chi connectivity index (χ4n) is 2.11. The van der Waals surface area contributed by atoms with Gasteiger partial charge in [-0.3, -0.25) is 9.52 Å². The van der Waals surface area contributed by atoms with Crippen LogP contribution in [0.1, 0.15) is 12.5 Å². The number of hydrogen-bond donors (Lipinski definition) is 2. The van der Waals surface area contributed by atoms with Crippen molar-refractivity contribution in [1.82, 2.24) is 5.32 Å². The molecule has 0 aliphatic carbocycles. The van der Waals surface area contributed by atoms with Crippen molar-refractivity contribution >= 4 is 44.8 Å². The minimum atomic E-state index is -3.66. The van der Waals surface area contributed by atoms with E-state index < -0.39 is 10.0 Å². The molecule has 9 heteroatoms. The van der Waals surface area contributed by atoms with Crippen LogP contribution in [0.5, 0.6) is 5.75 Å². The second-order valence-corrected chi connectivity index (χ2v) is 7.92. The second-order valence-electron chi connectivity index (χ2n) is 5.38. The third-order valence-electron chi connectivity index (χ3n) is 3.19. The van der Waals surface area contributed by atoms with Gasteiger partial charge in [0.15, 0.2) is 6.61 Å². The zero-order valence-corrected chi connectivity index (χ0v) is 16.3. The fraction of sp³-hybridized carbons (Fsp3) is 0.235. The van der Waals surface area contributed by atoms with Crippen LogP contribution in [0.4, 0.5) is 5.69 Å². The molecule has 0 aliphatic rings. The highest BCUT2D eigenvalue weighted by Gasteiger charge is 2.13. The molecule has 0 saturated carbocycles. The molecule has 0 unspecified atom stereocenters. The molecule has 0 saturated heterocycles. The molecular formula is C17H18Cl2N2O4S. The van der Waals surface area contributed by atoms with Crippen LogP contribution in [0.25, 0.3) is 0 Å². The highest BCUT2D eigenvalue weighted by Crippen LogP contribution is 2.24. The Labute approximate surface area is 162 Å². The molecule has 2 aromatic rings. The summed E-state index contributed by atoms with van der Waals surface area (Å²) in [5.41, 5.74) is 0.842. The minimum absolute atomic E-state index is 0.146. The summed E-state index contributed by atoms with van der Waals surface area (Å²) >= 11 is 11.7. The van der Waals surface area contributed by atoms with Crippen LogP contribution in [-0.4, -0.2) is 27.5 Å². The Balaban J connectivity index is 2.03. The molecule has 0 radical (unpaired) electrons. The molecule has 0 bridgehead atoms. The number of nitrogens with one attached hydrogen (secondary N) is 2. The van der Waals surface area contributed by atoms with E-state index in [2.05, 4.69) is 10.0 Å². The van der Waals surface area contributed by atoms with Gasteiger partial charge in [0, 0.05) is 12.6 Å². The van der Waals surface area contributed by atoms with Crippen molar-refractivity contribution in [3.8, 4) is 5.75 Å². The molecule has 6 nitrogen and oxygen atoms in total. The lowest BCUT2D eigenvalue weighted by atomic mass is 10.2. The van der Waals surface area contributed by atoms with Crippen molar-refractivity contribution in [3.05, 3.63) is 58.1 Å². The fourth-order valence-corrected chi connectivity index (χ4v) is 3.61. The summed E-state index contributed by atoms with van der Waals surface area (Å²) < 4.78 is 32.5. The number of anilines is 1. The van der Waals surface area contributed by atoms with E-state index in [1.54, 1.807) is 37.3 Å². The number of ether oxygens (including phenoxy) is 1. The molecule has 2 rings (SSSR count). The van der Waals surface area contributed by atoms with E-state index in [0.29, 0.717) is 33.6 Å². The van der Waals surface area contributed by atoms with Crippen LogP contribution in [0.2, 0.25) is 10.0 Å². The van der Waals surface area contributed by atoms with E-state index in [-0.39, 0.29) is 18.3 Å². The van der Waals surface area contributed by atoms with E-state index in [9.17, 15) is 13.2 Å². The summed E-state index contributed by atoms with van der Waals surface area (Å²) in [5.74, 6) is -0.127. The molecule has 1 amide bonds. The van der Waals surface area contributed by atoms with E-state index in [4.69, 9.17) is 27.9 Å². The number of likely N-dealkylation sites (N-methyl/N-ethyl adjacent to an activating group) is 1. The number of benzene rings is 2. The van der Waals surface area contributed by atoms with Gasteiger partial charge in [0.05, 0.1) is 21.5 Å². The van der Waals surface area contributed by atoms with Crippen molar-refractivity contribution in [3.63, 3.8) is 0 Å². The Hall–Kier alpha value is -1.96. The van der Waals surface area contributed by atoms with Gasteiger partial charge in [-0.05, 0) is 36.8 Å². The number of rotatable bonds is 8. The van der Waals surface area contributed by atoms with Gasteiger partial charge < -0.3 is 10.1 Å². The average molecular weight is 417 g/mol. The maximum Gasteiger partial charge on any atom is 0.257 e. The molecule has 0 aliphatic heterocycles. The summed E-state index contributed by atoms with van der Waals surface area (Å²) in [4.78, 5) is 11.4. The first-order valence-electron chi connectivity index (χ1n) is 7.73. The smallest absolute Gasteiger partial charge is 0.257 e. The van der Waals surface area contributed by atoms with Crippen LogP contribution in [0.3, 0.4) is 0 Å². The summed E-state index contributed by atoms with van der Waals surface area (Å²) in [6.07, 6.45) is 0. The number of sulfonamides is 1. The molecule has 26 heavy (non-hydrogen) atoms. The SMILES string of the molecule is CCNC(=O)COc1cccc(NS(=O)(=O)Cc2ccc(Cl)c(Cl)c2)c1. The maximum atomic E-state index is 12.3. The number of carbonyl (C=O) groups excluding carboxylic acids is 1. The number of halogens is 2. The molecule has 0 aromatic heterocycles. The summed E-state index contributed by atoms with van der Waals surface area (Å²) in [6.45, 7) is 2.17. The first-order valence-corrected chi connectivity index (χ1v) is 10.1. The molecular weight excluding hydrogens is 399 g/mol. The van der Waals surface area contributed by atoms with Crippen molar-refractivity contribution in [2.24, 2.45) is 0 Å². The predicted octanol–water partition coefficient (Wildman–Crippen LogP) is 3.45. The molecule has 0 atom stereocenters. The third kappa shape index (κ3) is 6.40. The Morgan fingerprint density at radius 3 is 2.58 bits per heavy atom. The number of hydrogen-bond acceptors (Lipinski definition) is 4. The average Bonchev–Trinajstić information content (AvgIpc) is 2.56. The standard InChI is InChI=1S/C17H18Cl2N2O4S/c1-2-20-17(22)10-25-14-5-3-4-13(9-14)21-26(23,24)11-12-6-7-15(18)16(19)8-12/h3-9,21H,2,10-11H2,1H3,(H,20,22). The third-order valence-corrected chi connectivity index (χ3v) is 5.19.